The Balaban J connectivity index is 2.95. The summed E-state index contributed by atoms with van der Waals surface area (Å²) in [6.07, 6.45) is 10.5. The van der Waals surface area contributed by atoms with E-state index in [4.69, 9.17) is 0 Å². The Hall–Kier alpha value is -0.620. The average molecular weight is 197 g/mol. The van der Waals surface area contributed by atoms with Gasteiger partial charge in [0.15, 0.2) is 0 Å². The first-order chi connectivity index (χ1) is 6.77. The summed E-state index contributed by atoms with van der Waals surface area (Å²) in [5, 5.41) is 0. The van der Waals surface area contributed by atoms with Crippen LogP contribution in [0.15, 0.2) is 4.99 Å². The second kappa shape index (κ2) is 10.5. The predicted octanol–water partition coefficient (Wildman–Crippen LogP) is 3.71. The number of rotatable bonds is 9. The summed E-state index contributed by atoms with van der Waals surface area (Å²) < 4.78 is 0. The van der Waals surface area contributed by atoms with E-state index < -0.39 is 0 Å². The molecule has 0 rings (SSSR count). The van der Waals surface area contributed by atoms with Crippen LogP contribution in [0.1, 0.15) is 58.8 Å². The SMILES string of the molecule is CC(C)CCCCCCCCN=C=O. The zero-order chi connectivity index (χ0) is 10.6. The van der Waals surface area contributed by atoms with Crippen LogP contribution in [0, 0.1) is 5.92 Å². The molecule has 0 atom stereocenters. The van der Waals surface area contributed by atoms with Gasteiger partial charge >= 0.3 is 0 Å². The number of aliphatic imine (C=N–C) groups is 1. The van der Waals surface area contributed by atoms with Crippen LogP contribution < -0.4 is 0 Å². The molecular weight excluding hydrogens is 174 g/mol. The lowest BCUT2D eigenvalue weighted by Crippen LogP contribution is -1.87. The molecule has 0 saturated heterocycles. The molecule has 0 aromatic heterocycles. The number of hydrogen-bond acceptors (Lipinski definition) is 2. The molecule has 0 saturated carbocycles. The van der Waals surface area contributed by atoms with E-state index in [1.54, 1.807) is 6.08 Å². The van der Waals surface area contributed by atoms with E-state index in [-0.39, 0.29) is 0 Å². The van der Waals surface area contributed by atoms with Crippen molar-refractivity contribution in [2.24, 2.45) is 10.9 Å². The summed E-state index contributed by atoms with van der Waals surface area (Å²) in [7, 11) is 0. The van der Waals surface area contributed by atoms with Crippen LogP contribution in [0.2, 0.25) is 0 Å². The van der Waals surface area contributed by atoms with Crippen LogP contribution in [0.3, 0.4) is 0 Å². The van der Waals surface area contributed by atoms with Gasteiger partial charge in [0, 0.05) is 0 Å². The first-order valence-electron chi connectivity index (χ1n) is 5.81. The maximum absolute atomic E-state index is 9.75. The first-order valence-corrected chi connectivity index (χ1v) is 5.81. The van der Waals surface area contributed by atoms with E-state index in [1.165, 1.54) is 38.5 Å². The summed E-state index contributed by atoms with van der Waals surface area (Å²) in [5.41, 5.74) is 0. The lowest BCUT2D eigenvalue weighted by atomic mass is 10.0. The van der Waals surface area contributed by atoms with Gasteiger partial charge < -0.3 is 0 Å². The third-order valence-electron chi connectivity index (χ3n) is 2.37. The zero-order valence-electron chi connectivity index (χ0n) is 9.59. The normalized spacial score (nSPS) is 10.2. The zero-order valence-corrected chi connectivity index (χ0v) is 9.59. The Kier molecular flexibility index (Phi) is 10.00. The number of isocyanates is 1. The number of nitrogens with zero attached hydrogens (tertiary/aromatic N) is 1. The Labute approximate surface area is 87.8 Å². The van der Waals surface area contributed by atoms with Crippen molar-refractivity contribution in [3.8, 4) is 0 Å². The molecule has 0 bridgehead atoms. The van der Waals surface area contributed by atoms with Crippen LogP contribution in [-0.4, -0.2) is 12.6 Å². The van der Waals surface area contributed by atoms with Gasteiger partial charge in [0.25, 0.3) is 0 Å². The molecule has 0 aliphatic rings. The molecule has 2 nitrogen and oxygen atoms in total. The lowest BCUT2D eigenvalue weighted by molar-refractivity contribution is 0.512. The lowest BCUT2D eigenvalue weighted by Gasteiger charge is -2.03. The van der Waals surface area contributed by atoms with E-state index in [2.05, 4.69) is 18.8 Å². The van der Waals surface area contributed by atoms with Crippen molar-refractivity contribution in [3.63, 3.8) is 0 Å². The van der Waals surface area contributed by atoms with Crippen LogP contribution in [-0.2, 0) is 4.79 Å². The number of carbonyl (C=O) groups excluding carboxylic acids is 1. The van der Waals surface area contributed by atoms with Crippen molar-refractivity contribution < 1.29 is 4.79 Å². The van der Waals surface area contributed by atoms with E-state index >= 15 is 0 Å². The van der Waals surface area contributed by atoms with E-state index in [0.717, 1.165) is 12.3 Å². The van der Waals surface area contributed by atoms with Gasteiger partial charge in [-0.2, -0.15) is 0 Å². The van der Waals surface area contributed by atoms with Crippen LogP contribution in [0.4, 0.5) is 0 Å². The van der Waals surface area contributed by atoms with Gasteiger partial charge in [-0.15, -0.1) is 0 Å². The molecule has 2 heteroatoms. The summed E-state index contributed by atoms with van der Waals surface area (Å²) in [5.74, 6) is 0.844. The molecule has 14 heavy (non-hydrogen) atoms. The van der Waals surface area contributed by atoms with Crippen LogP contribution in [0.25, 0.3) is 0 Å². The molecule has 0 spiro atoms. The minimum absolute atomic E-state index is 0.662. The van der Waals surface area contributed by atoms with Gasteiger partial charge in [0.2, 0.25) is 6.08 Å². The third kappa shape index (κ3) is 11.4. The standard InChI is InChI=1S/C12H23NO/c1-12(2)9-7-5-3-4-6-8-10-13-11-14/h12H,3-10H2,1-2H3. The Morgan fingerprint density at radius 1 is 1.00 bits per heavy atom. The molecule has 0 aromatic rings. The smallest absolute Gasteiger partial charge is 0.211 e. The topological polar surface area (TPSA) is 29.4 Å². The molecule has 0 aliphatic heterocycles. The minimum atomic E-state index is 0.662. The molecule has 82 valence electrons. The number of hydrogen-bond donors (Lipinski definition) is 0. The first kappa shape index (κ1) is 13.4. The summed E-state index contributed by atoms with van der Waals surface area (Å²) in [4.78, 5) is 13.3. The second-order valence-corrected chi connectivity index (χ2v) is 4.28. The van der Waals surface area contributed by atoms with Gasteiger partial charge in [0.1, 0.15) is 0 Å². The molecule has 0 aromatic carbocycles. The van der Waals surface area contributed by atoms with E-state index in [9.17, 15) is 4.79 Å². The number of unbranched alkanes of at least 4 members (excludes halogenated alkanes) is 5. The molecule has 0 N–H and O–H groups in total. The highest BCUT2D eigenvalue weighted by Gasteiger charge is 1.94. The molecule has 0 radical (unpaired) electrons. The predicted molar refractivity (Wildman–Crippen MR) is 60.1 cm³/mol. The maximum atomic E-state index is 9.75. The fourth-order valence-corrected chi connectivity index (χ4v) is 1.50. The Morgan fingerprint density at radius 3 is 2.14 bits per heavy atom. The Morgan fingerprint density at radius 2 is 1.57 bits per heavy atom. The highest BCUT2D eigenvalue weighted by Crippen LogP contribution is 2.11. The van der Waals surface area contributed by atoms with Crippen molar-refractivity contribution in [2.45, 2.75) is 58.8 Å². The Bertz CT molecular complexity index is 160. The highest BCUT2D eigenvalue weighted by molar-refractivity contribution is 5.32. The third-order valence-corrected chi connectivity index (χ3v) is 2.37. The van der Waals surface area contributed by atoms with Gasteiger partial charge in [-0.05, 0) is 12.3 Å². The van der Waals surface area contributed by atoms with Crippen molar-refractivity contribution >= 4 is 6.08 Å². The molecule has 0 amide bonds. The molecule has 0 aliphatic carbocycles. The molecule has 0 unspecified atom stereocenters. The largest absolute Gasteiger partial charge is 0.234 e. The van der Waals surface area contributed by atoms with Crippen LogP contribution >= 0.6 is 0 Å². The summed E-state index contributed by atoms with van der Waals surface area (Å²) in [6.45, 7) is 5.21. The van der Waals surface area contributed by atoms with Crippen LogP contribution in [0.5, 0.6) is 0 Å². The quantitative estimate of drug-likeness (QED) is 0.315. The molecular formula is C12H23NO. The van der Waals surface area contributed by atoms with Crippen molar-refractivity contribution in [1.82, 2.24) is 0 Å². The fraction of sp³-hybridized carbons (Fsp3) is 0.917. The summed E-state index contributed by atoms with van der Waals surface area (Å²) in [6, 6.07) is 0. The molecule has 0 heterocycles. The highest BCUT2D eigenvalue weighted by atomic mass is 16.1. The van der Waals surface area contributed by atoms with Gasteiger partial charge in [-0.3, -0.25) is 0 Å². The van der Waals surface area contributed by atoms with Crippen molar-refractivity contribution in [2.75, 3.05) is 6.54 Å². The van der Waals surface area contributed by atoms with E-state index in [0.29, 0.717) is 6.54 Å². The average Bonchev–Trinajstić information content (AvgIpc) is 2.15. The van der Waals surface area contributed by atoms with Gasteiger partial charge in [0.05, 0.1) is 6.54 Å². The molecule has 0 fully saturated rings. The monoisotopic (exact) mass is 197 g/mol. The van der Waals surface area contributed by atoms with Crippen molar-refractivity contribution in [1.29, 1.82) is 0 Å². The maximum Gasteiger partial charge on any atom is 0.234 e. The second-order valence-electron chi connectivity index (χ2n) is 4.28. The van der Waals surface area contributed by atoms with Gasteiger partial charge in [-0.25, -0.2) is 9.79 Å². The van der Waals surface area contributed by atoms with Crippen molar-refractivity contribution in [3.05, 3.63) is 0 Å². The minimum Gasteiger partial charge on any atom is -0.211 e. The summed E-state index contributed by atoms with van der Waals surface area (Å²) >= 11 is 0. The van der Waals surface area contributed by atoms with Gasteiger partial charge in [-0.1, -0.05) is 52.4 Å². The fourth-order valence-electron chi connectivity index (χ4n) is 1.50. The van der Waals surface area contributed by atoms with E-state index in [1.807, 2.05) is 0 Å².